The molecule has 6 nitrogen and oxygen atoms in total. The first kappa shape index (κ1) is 23.9. The van der Waals surface area contributed by atoms with Gasteiger partial charge < -0.3 is 15.6 Å². The van der Waals surface area contributed by atoms with E-state index in [2.05, 4.69) is 37.7 Å². The minimum absolute atomic E-state index is 0.240. The van der Waals surface area contributed by atoms with Crippen molar-refractivity contribution in [2.75, 3.05) is 0 Å². The highest BCUT2D eigenvalue weighted by Crippen LogP contribution is 2.30. The van der Waals surface area contributed by atoms with Crippen LogP contribution in [0.4, 0.5) is 4.39 Å². The van der Waals surface area contributed by atoms with E-state index < -0.39 is 0 Å². The molecule has 1 amide bonds. The Hall–Kier alpha value is -4.26. The van der Waals surface area contributed by atoms with Crippen LogP contribution in [-0.2, 0) is 17.9 Å². The van der Waals surface area contributed by atoms with E-state index in [0.29, 0.717) is 30.0 Å². The molecule has 178 valence electrons. The van der Waals surface area contributed by atoms with E-state index in [-0.39, 0.29) is 11.7 Å². The third-order valence-electron chi connectivity index (χ3n) is 5.83. The number of aromatic amines is 1. The van der Waals surface area contributed by atoms with Crippen molar-refractivity contribution in [3.63, 3.8) is 0 Å². The molecule has 0 aliphatic rings. The number of rotatable bonds is 8. The Morgan fingerprint density at radius 1 is 1.09 bits per heavy atom. The molecule has 2 heterocycles. The number of nitrogens with zero attached hydrogens (tertiary/aromatic N) is 2. The van der Waals surface area contributed by atoms with E-state index in [1.807, 2.05) is 30.5 Å². The molecule has 2 aromatic heterocycles. The second kappa shape index (κ2) is 10.8. The Morgan fingerprint density at radius 2 is 1.91 bits per heavy atom. The lowest BCUT2D eigenvalue weighted by atomic mass is 10.00. The highest BCUT2D eigenvalue weighted by Gasteiger charge is 2.13. The van der Waals surface area contributed by atoms with Crippen LogP contribution in [0.25, 0.3) is 22.2 Å². The van der Waals surface area contributed by atoms with Crippen molar-refractivity contribution in [2.24, 2.45) is 4.99 Å². The van der Waals surface area contributed by atoms with Gasteiger partial charge in [0.25, 0.3) is 5.91 Å². The van der Waals surface area contributed by atoms with Crippen LogP contribution in [-0.4, -0.2) is 22.1 Å². The average molecular weight is 470 g/mol. The van der Waals surface area contributed by atoms with Crippen molar-refractivity contribution in [1.82, 2.24) is 20.6 Å². The summed E-state index contributed by atoms with van der Waals surface area (Å²) in [5.74, 6) is -0.00384. The number of carbonyl (C=O) groups is 1. The minimum Gasteiger partial charge on any atom is -0.366 e. The van der Waals surface area contributed by atoms with Gasteiger partial charge >= 0.3 is 0 Å². The number of halogens is 1. The molecule has 2 aromatic carbocycles. The second-order valence-electron chi connectivity index (χ2n) is 8.24. The Balaban J connectivity index is 1.52. The van der Waals surface area contributed by atoms with Gasteiger partial charge in [0.05, 0.1) is 5.57 Å². The topological polar surface area (TPSA) is 82.2 Å². The van der Waals surface area contributed by atoms with E-state index in [1.165, 1.54) is 6.07 Å². The number of hydrogen-bond acceptors (Lipinski definition) is 4. The molecule has 0 aliphatic carbocycles. The molecular formula is C28H28FN5O. The number of H-pyrrole nitrogens is 1. The first-order valence-corrected chi connectivity index (χ1v) is 11.4. The van der Waals surface area contributed by atoms with Gasteiger partial charge in [-0.3, -0.25) is 4.79 Å². The van der Waals surface area contributed by atoms with Gasteiger partial charge in [-0.1, -0.05) is 36.4 Å². The molecule has 4 aromatic rings. The summed E-state index contributed by atoms with van der Waals surface area (Å²) >= 11 is 0. The molecule has 0 aliphatic heterocycles. The lowest BCUT2D eigenvalue weighted by Gasteiger charge is -2.14. The number of amides is 1. The van der Waals surface area contributed by atoms with Gasteiger partial charge in [0.2, 0.25) is 0 Å². The predicted molar refractivity (Wildman–Crippen MR) is 138 cm³/mol. The highest BCUT2D eigenvalue weighted by molar-refractivity contribution is 5.94. The third-order valence-corrected chi connectivity index (χ3v) is 5.83. The molecule has 0 bridgehead atoms. The Kier molecular flexibility index (Phi) is 7.35. The molecule has 7 heteroatoms. The Morgan fingerprint density at radius 3 is 2.71 bits per heavy atom. The molecule has 0 atom stereocenters. The predicted octanol–water partition coefficient (Wildman–Crippen LogP) is 5.41. The van der Waals surface area contributed by atoms with E-state index >= 15 is 0 Å². The van der Waals surface area contributed by atoms with Crippen LogP contribution in [0.3, 0.4) is 0 Å². The zero-order chi connectivity index (χ0) is 24.8. The Bertz CT molecular complexity index is 1420. The largest absolute Gasteiger partial charge is 0.366 e. The fourth-order valence-corrected chi connectivity index (χ4v) is 3.94. The van der Waals surface area contributed by atoms with Crippen molar-refractivity contribution in [3.8, 4) is 11.1 Å². The Labute approximate surface area is 204 Å². The third kappa shape index (κ3) is 5.46. The van der Waals surface area contributed by atoms with Gasteiger partial charge in [-0.2, -0.15) is 0 Å². The smallest absolute Gasteiger partial charge is 0.250 e. The number of benzene rings is 2. The summed E-state index contributed by atoms with van der Waals surface area (Å²) in [6, 6.07) is 16.9. The standard InChI is InChI=1S/C28H28FN5O/c1-4-30-26(19(3)28(35)34-15-20-11-12-25(29)18(2)14-20)32-16-21-8-5-6-9-22(21)24-17-33-27-23(24)10-7-13-31-27/h4-14,17,32H,15-16H2,1-3H3,(H,31,33)(H,34,35)/b26-19-,30-4-. The number of hydrogen-bond donors (Lipinski definition) is 3. The minimum atomic E-state index is -0.260. The van der Waals surface area contributed by atoms with Crippen molar-refractivity contribution < 1.29 is 9.18 Å². The first-order valence-electron chi connectivity index (χ1n) is 11.4. The molecule has 0 radical (unpaired) electrons. The van der Waals surface area contributed by atoms with Gasteiger partial charge in [-0.15, -0.1) is 0 Å². The molecule has 0 unspecified atom stereocenters. The number of aryl methyl sites for hydroxylation is 1. The van der Waals surface area contributed by atoms with Gasteiger partial charge in [0.1, 0.15) is 17.3 Å². The van der Waals surface area contributed by atoms with Gasteiger partial charge in [-0.05, 0) is 61.2 Å². The average Bonchev–Trinajstić information content (AvgIpc) is 3.31. The van der Waals surface area contributed by atoms with Crippen LogP contribution in [0.1, 0.15) is 30.5 Å². The van der Waals surface area contributed by atoms with Crippen LogP contribution < -0.4 is 10.6 Å². The van der Waals surface area contributed by atoms with Crippen molar-refractivity contribution in [2.45, 2.75) is 33.9 Å². The molecule has 0 saturated carbocycles. The van der Waals surface area contributed by atoms with Gasteiger partial charge in [0.15, 0.2) is 0 Å². The summed E-state index contributed by atoms with van der Waals surface area (Å²) in [5.41, 5.74) is 5.90. The van der Waals surface area contributed by atoms with Crippen LogP contribution in [0.5, 0.6) is 0 Å². The molecular weight excluding hydrogens is 441 g/mol. The fourth-order valence-electron chi connectivity index (χ4n) is 3.94. The summed E-state index contributed by atoms with van der Waals surface area (Å²) < 4.78 is 13.5. The van der Waals surface area contributed by atoms with Crippen LogP contribution >= 0.6 is 0 Å². The van der Waals surface area contributed by atoms with Crippen LogP contribution in [0.2, 0.25) is 0 Å². The van der Waals surface area contributed by atoms with Crippen molar-refractivity contribution >= 4 is 23.2 Å². The summed E-state index contributed by atoms with van der Waals surface area (Å²) in [5, 5.41) is 7.27. The number of aliphatic imine (C=N–C) groups is 1. The second-order valence-corrected chi connectivity index (χ2v) is 8.24. The summed E-state index contributed by atoms with van der Waals surface area (Å²) in [6.45, 7) is 6.03. The summed E-state index contributed by atoms with van der Waals surface area (Å²) in [6.07, 6.45) is 5.38. The zero-order valence-corrected chi connectivity index (χ0v) is 20.0. The number of aromatic nitrogens is 2. The van der Waals surface area contributed by atoms with Crippen molar-refractivity contribution in [1.29, 1.82) is 0 Å². The normalized spacial score (nSPS) is 12.1. The van der Waals surface area contributed by atoms with Crippen LogP contribution in [0, 0.1) is 12.7 Å². The molecule has 35 heavy (non-hydrogen) atoms. The van der Waals surface area contributed by atoms with Gasteiger partial charge in [0, 0.05) is 42.6 Å². The molecule has 0 saturated heterocycles. The van der Waals surface area contributed by atoms with Crippen molar-refractivity contribution in [3.05, 3.63) is 101 Å². The number of nitrogens with one attached hydrogen (secondary N) is 3. The molecule has 4 rings (SSSR count). The molecule has 3 N–H and O–H groups in total. The number of fused-ring (bicyclic) bond motifs is 1. The van der Waals surface area contributed by atoms with E-state index in [1.54, 1.807) is 45.3 Å². The zero-order valence-electron chi connectivity index (χ0n) is 20.0. The maximum atomic E-state index is 13.5. The maximum absolute atomic E-state index is 13.5. The summed E-state index contributed by atoms with van der Waals surface area (Å²) in [4.78, 5) is 24.8. The van der Waals surface area contributed by atoms with E-state index in [4.69, 9.17) is 0 Å². The summed E-state index contributed by atoms with van der Waals surface area (Å²) in [7, 11) is 0. The maximum Gasteiger partial charge on any atom is 0.250 e. The lowest BCUT2D eigenvalue weighted by molar-refractivity contribution is -0.117. The SMILES string of the molecule is C/C=N\C(NCc1ccccc1-c1c[nH]c2ncccc12)=C(/C)C(=O)NCc1ccc(F)c(C)c1. The molecule has 0 spiro atoms. The van der Waals surface area contributed by atoms with Gasteiger partial charge in [-0.25, -0.2) is 14.4 Å². The first-order chi connectivity index (χ1) is 17.0. The fraction of sp³-hybridized carbons (Fsp3) is 0.179. The monoisotopic (exact) mass is 469 g/mol. The highest BCUT2D eigenvalue weighted by atomic mass is 19.1. The molecule has 0 fully saturated rings. The quantitative estimate of drug-likeness (QED) is 0.239. The number of pyridine rings is 1. The lowest BCUT2D eigenvalue weighted by Crippen LogP contribution is -2.27. The van der Waals surface area contributed by atoms with Crippen LogP contribution in [0.15, 0.2) is 83.4 Å². The number of carbonyl (C=O) groups excluding carboxylic acids is 1. The van der Waals surface area contributed by atoms with E-state index in [0.717, 1.165) is 33.3 Å². The van der Waals surface area contributed by atoms with E-state index in [9.17, 15) is 9.18 Å².